The van der Waals surface area contributed by atoms with Gasteiger partial charge >= 0.3 is 0 Å². The Bertz CT molecular complexity index is 398. The molecule has 5 heteroatoms. The fourth-order valence-corrected chi connectivity index (χ4v) is 1.94. The highest BCUT2D eigenvalue weighted by Gasteiger charge is 2.07. The van der Waals surface area contributed by atoms with E-state index in [1.165, 1.54) is 5.56 Å². The number of benzene rings is 1. The van der Waals surface area contributed by atoms with Crippen molar-refractivity contribution in [1.29, 1.82) is 0 Å². The lowest BCUT2D eigenvalue weighted by molar-refractivity contribution is 0.317. The molecule has 0 fully saturated rings. The number of aliphatic imine (C=N–C) groups is 1. The molecule has 98 valence electrons. The molecule has 0 spiro atoms. The van der Waals surface area contributed by atoms with Crippen molar-refractivity contribution in [3.63, 3.8) is 0 Å². The maximum absolute atomic E-state index is 6.10. The van der Waals surface area contributed by atoms with Gasteiger partial charge in [0.05, 0.1) is 10.8 Å². The Labute approximate surface area is 114 Å². The van der Waals surface area contributed by atoms with Gasteiger partial charge < -0.3 is 16.4 Å². The van der Waals surface area contributed by atoms with Crippen molar-refractivity contribution < 1.29 is 0 Å². The maximum atomic E-state index is 6.10. The summed E-state index contributed by atoms with van der Waals surface area (Å²) < 4.78 is 0. The summed E-state index contributed by atoms with van der Waals surface area (Å²) in [5.74, 6) is 0. The average Bonchev–Trinajstić information content (AvgIpc) is 2.32. The Morgan fingerprint density at radius 2 is 2.06 bits per heavy atom. The molecule has 1 rings (SSSR count). The molecular formula is C13H20N4S. The van der Waals surface area contributed by atoms with Crippen LogP contribution in [0.25, 0.3) is 0 Å². The summed E-state index contributed by atoms with van der Waals surface area (Å²) in [5, 5.41) is 2.35. The summed E-state index contributed by atoms with van der Waals surface area (Å²) in [6, 6.07) is 8.00. The van der Waals surface area contributed by atoms with E-state index in [-0.39, 0.29) is 6.04 Å². The SMILES string of the molecule is CN(CCN)CC(N)Cc1ccc(N=C=S)cc1. The van der Waals surface area contributed by atoms with Crippen LogP contribution < -0.4 is 11.5 Å². The summed E-state index contributed by atoms with van der Waals surface area (Å²) in [5.41, 5.74) is 13.6. The van der Waals surface area contributed by atoms with E-state index < -0.39 is 0 Å². The van der Waals surface area contributed by atoms with E-state index >= 15 is 0 Å². The molecule has 1 unspecified atom stereocenters. The molecule has 4 nitrogen and oxygen atoms in total. The molecule has 18 heavy (non-hydrogen) atoms. The molecule has 0 bridgehead atoms. The Kier molecular flexibility index (Phi) is 6.72. The second kappa shape index (κ2) is 8.08. The zero-order valence-corrected chi connectivity index (χ0v) is 11.5. The molecule has 0 saturated carbocycles. The van der Waals surface area contributed by atoms with Gasteiger partial charge in [0, 0.05) is 25.7 Å². The predicted octanol–water partition coefficient (Wildman–Crippen LogP) is 1.18. The van der Waals surface area contributed by atoms with E-state index in [1.807, 2.05) is 31.3 Å². The minimum Gasteiger partial charge on any atom is -0.329 e. The topological polar surface area (TPSA) is 67.6 Å². The third-order valence-corrected chi connectivity index (χ3v) is 2.76. The van der Waals surface area contributed by atoms with Gasteiger partial charge in [0.15, 0.2) is 0 Å². The van der Waals surface area contributed by atoms with Crippen LogP contribution in [0.3, 0.4) is 0 Å². The summed E-state index contributed by atoms with van der Waals surface area (Å²) in [7, 11) is 2.03. The highest BCUT2D eigenvalue weighted by Crippen LogP contribution is 2.13. The van der Waals surface area contributed by atoms with E-state index in [4.69, 9.17) is 11.5 Å². The molecule has 0 radical (unpaired) electrons. The van der Waals surface area contributed by atoms with Crippen LogP contribution in [-0.4, -0.2) is 42.8 Å². The quantitative estimate of drug-likeness (QED) is 0.573. The summed E-state index contributed by atoms with van der Waals surface area (Å²) in [6.07, 6.45) is 0.844. The molecule has 1 atom stereocenters. The minimum absolute atomic E-state index is 0.112. The summed E-state index contributed by atoms with van der Waals surface area (Å²) in [4.78, 5) is 6.06. The summed E-state index contributed by atoms with van der Waals surface area (Å²) in [6.45, 7) is 2.38. The Morgan fingerprint density at radius 3 is 2.61 bits per heavy atom. The second-order valence-electron chi connectivity index (χ2n) is 4.38. The Balaban J connectivity index is 2.48. The molecule has 0 aliphatic rings. The van der Waals surface area contributed by atoms with E-state index in [1.54, 1.807) is 0 Å². The smallest absolute Gasteiger partial charge is 0.0739 e. The molecule has 0 amide bonds. The lowest BCUT2D eigenvalue weighted by atomic mass is 10.1. The van der Waals surface area contributed by atoms with E-state index in [0.29, 0.717) is 6.54 Å². The molecule has 0 heterocycles. The summed E-state index contributed by atoms with van der Waals surface area (Å²) >= 11 is 4.56. The van der Waals surface area contributed by atoms with Crippen LogP contribution >= 0.6 is 12.2 Å². The van der Waals surface area contributed by atoms with Crippen molar-refractivity contribution in [2.45, 2.75) is 12.5 Å². The van der Waals surface area contributed by atoms with Gasteiger partial charge in [-0.25, -0.2) is 0 Å². The number of hydrogen-bond donors (Lipinski definition) is 2. The molecule has 1 aromatic carbocycles. The minimum atomic E-state index is 0.112. The number of thiocarbonyl (C=S) groups is 1. The van der Waals surface area contributed by atoms with Crippen molar-refractivity contribution >= 4 is 23.1 Å². The first kappa shape index (κ1) is 15.0. The van der Waals surface area contributed by atoms with Gasteiger partial charge in [0.25, 0.3) is 0 Å². The standard InChI is InChI=1S/C13H20N4S/c1-17(7-6-14)9-12(15)8-11-2-4-13(5-3-11)16-10-18/h2-5,12H,6-9,14-15H2,1H3. The number of hydrogen-bond acceptors (Lipinski definition) is 5. The van der Waals surface area contributed by atoms with Crippen molar-refractivity contribution in [2.24, 2.45) is 16.5 Å². The largest absolute Gasteiger partial charge is 0.329 e. The zero-order chi connectivity index (χ0) is 13.4. The maximum Gasteiger partial charge on any atom is 0.0739 e. The van der Waals surface area contributed by atoms with Gasteiger partial charge in [-0.1, -0.05) is 12.1 Å². The third kappa shape index (κ3) is 5.49. The Hall–Kier alpha value is -1.10. The second-order valence-corrected chi connectivity index (χ2v) is 4.57. The monoisotopic (exact) mass is 264 g/mol. The highest BCUT2D eigenvalue weighted by molar-refractivity contribution is 7.78. The van der Waals surface area contributed by atoms with E-state index in [2.05, 4.69) is 27.3 Å². The zero-order valence-electron chi connectivity index (χ0n) is 10.7. The van der Waals surface area contributed by atoms with Crippen LogP contribution in [0.2, 0.25) is 0 Å². The van der Waals surface area contributed by atoms with Gasteiger partial charge in [-0.3, -0.25) is 0 Å². The van der Waals surface area contributed by atoms with Crippen molar-refractivity contribution in [3.8, 4) is 0 Å². The molecule has 1 aromatic rings. The number of likely N-dealkylation sites (N-methyl/N-ethyl adjacent to an activating group) is 1. The number of nitrogens with two attached hydrogens (primary N) is 2. The van der Waals surface area contributed by atoms with Crippen LogP contribution in [0.15, 0.2) is 29.3 Å². The molecular weight excluding hydrogens is 244 g/mol. The van der Waals surface area contributed by atoms with E-state index in [0.717, 1.165) is 25.2 Å². The van der Waals surface area contributed by atoms with Crippen LogP contribution in [-0.2, 0) is 6.42 Å². The lowest BCUT2D eigenvalue weighted by Gasteiger charge is -2.20. The number of isothiocyanates is 1. The van der Waals surface area contributed by atoms with Crippen molar-refractivity contribution in [1.82, 2.24) is 4.90 Å². The van der Waals surface area contributed by atoms with Gasteiger partial charge in [-0.15, -0.1) is 0 Å². The molecule has 4 N–H and O–H groups in total. The first-order valence-electron chi connectivity index (χ1n) is 5.96. The average molecular weight is 264 g/mol. The van der Waals surface area contributed by atoms with Crippen molar-refractivity contribution in [2.75, 3.05) is 26.7 Å². The van der Waals surface area contributed by atoms with Crippen molar-refractivity contribution in [3.05, 3.63) is 29.8 Å². The molecule has 0 aliphatic heterocycles. The third-order valence-electron chi connectivity index (χ3n) is 2.67. The fourth-order valence-electron chi connectivity index (χ4n) is 1.84. The Morgan fingerprint density at radius 1 is 1.39 bits per heavy atom. The van der Waals surface area contributed by atoms with Crippen LogP contribution in [0, 0.1) is 0 Å². The van der Waals surface area contributed by atoms with E-state index in [9.17, 15) is 0 Å². The first-order chi connectivity index (χ1) is 8.65. The van der Waals surface area contributed by atoms with Crippen LogP contribution in [0.4, 0.5) is 5.69 Å². The highest BCUT2D eigenvalue weighted by atomic mass is 32.1. The van der Waals surface area contributed by atoms with Crippen LogP contribution in [0.1, 0.15) is 5.56 Å². The predicted molar refractivity (Wildman–Crippen MR) is 79.4 cm³/mol. The lowest BCUT2D eigenvalue weighted by Crippen LogP contribution is -2.38. The molecule has 0 aromatic heterocycles. The fraction of sp³-hybridized carbons (Fsp3) is 0.462. The number of nitrogens with zero attached hydrogens (tertiary/aromatic N) is 2. The van der Waals surface area contributed by atoms with Gasteiger partial charge in [0.2, 0.25) is 0 Å². The van der Waals surface area contributed by atoms with Gasteiger partial charge in [0.1, 0.15) is 0 Å². The number of rotatable bonds is 7. The normalized spacial score (nSPS) is 12.2. The molecule has 0 saturated heterocycles. The van der Waals surface area contributed by atoms with Crippen LogP contribution in [0.5, 0.6) is 0 Å². The molecule has 0 aliphatic carbocycles. The van der Waals surface area contributed by atoms with Gasteiger partial charge in [-0.05, 0) is 43.4 Å². The first-order valence-corrected chi connectivity index (χ1v) is 6.37. The van der Waals surface area contributed by atoms with Gasteiger partial charge in [-0.2, -0.15) is 4.99 Å².